The number of Topliss-reactive ketones (excluding diaryl/α,β-unsaturated/α-hetero) is 1. The SMILES string of the molecule is COc1ccc([C@@]2(C)NC(=O)N(CC(=O)c3ccc(OC)cc3OC)C2=O)cc1. The summed E-state index contributed by atoms with van der Waals surface area (Å²) in [6.45, 7) is 1.20. The molecule has 1 aliphatic heterocycles. The number of imide groups is 1. The molecule has 152 valence electrons. The van der Waals surface area contributed by atoms with Crippen LogP contribution in [0.15, 0.2) is 42.5 Å². The molecule has 0 saturated carbocycles. The van der Waals surface area contributed by atoms with Crippen molar-refractivity contribution in [2.75, 3.05) is 27.9 Å². The molecule has 3 rings (SSSR count). The first kappa shape index (κ1) is 20.2. The van der Waals surface area contributed by atoms with Crippen molar-refractivity contribution in [2.24, 2.45) is 0 Å². The number of hydrogen-bond donors (Lipinski definition) is 1. The number of methoxy groups -OCH3 is 3. The highest BCUT2D eigenvalue weighted by atomic mass is 16.5. The largest absolute Gasteiger partial charge is 0.497 e. The summed E-state index contributed by atoms with van der Waals surface area (Å²) < 4.78 is 15.5. The molecule has 8 heteroatoms. The van der Waals surface area contributed by atoms with E-state index >= 15 is 0 Å². The Morgan fingerprint density at radius 3 is 2.17 bits per heavy atom. The van der Waals surface area contributed by atoms with E-state index < -0.39 is 29.8 Å². The quantitative estimate of drug-likeness (QED) is 0.568. The second-order valence-electron chi connectivity index (χ2n) is 6.66. The van der Waals surface area contributed by atoms with E-state index in [1.165, 1.54) is 14.2 Å². The molecule has 0 aliphatic carbocycles. The van der Waals surface area contributed by atoms with Gasteiger partial charge in [-0.15, -0.1) is 0 Å². The first-order chi connectivity index (χ1) is 13.8. The summed E-state index contributed by atoms with van der Waals surface area (Å²) in [5.74, 6) is 0.535. The highest BCUT2D eigenvalue weighted by molar-refractivity contribution is 6.11. The van der Waals surface area contributed by atoms with Crippen molar-refractivity contribution >= 4 is 17.7 Å². The minimum absolute atomic E-state index is 0.256. The van der Waals surface area contributed by atoms with Crippen LogP contribution < -0.4 is 19.5 Å². The summed E-state index contributed by atoms with van der Waals surface area (Å²) in [6.07, 6.45) is 0. The zero-order valence-electron chi connectivity index (χ0n) is 16.6. The fourth-order valence-corrected chi connectivity index (χ4v) is 3.22. The number of urea groups is 1. The lowest BCUT2D eigenvalue weighted by atomic mass is 9.92. The number of carbonyl (C=O) groups excluding carboxylic acids is 3. The van der Waals surface area contributed by atoms with Crippen molar-refractivity contribution in [3.63, 3.8) is 0 Å². The van der Waals surface area contributed by atoms with Gasteiger partial charge in [0.25, 0.3) is 5.91 Å². The number of benzene rings is 2. The fourth-order valence-electron chi connectivity index (χ4n) is 3.22. The van der Waals surface area contributed by atoms with E-state index in [0.717, 1.165) is 4.90 Å². The Bertz CT molecular complexity index is 956. The van der Waals surface area contributed by atoms with Crippen LogP contribution in [0.2, 0.25) is 0 Å². The van der Waals surface area contributed by atoms with E-state index in [-0.39, 0.29) is 5.56 Å². The third kappa shape index (κ3) is 3.61. The molecule has 0 radical (unpaired) electrons. The second kappa shape index (κ2) is 7.83. The maximum atomic E-state index is 13.0. The van der Waals surface area contributed by atoms with Crippen LogP contribution in [0.5, 0.6) is 17.2 Å². The number of nitrogens with zero attached hydrogens (tertiary/aromatic N) is 1. The summed E-state index contributed by atoms with van der Waals surface area (Å²) in [5.41, 5.74) is -0.422. The number of rotatable bonds is 7. The molecule has 2 aromatic carbocycles. The van der Waals surface area contributed by atoms with E-state index in [4.69, 9.17) is 14.2 Å². The van der Waals surface area contributed by atoms with E-state index in [0.29, 0.717) is 22.8 Å². The fraction of sp³-hybridized carbons (Fsp3) is 0.286. The van der Waals surface area contributed by atoms with E-state index in [1.807, 2.05) is 0 Å². The minimum Gasteiger partial charge on any atom is -0.497 e. The third-order valence-corrected chi connectivity index (χ3v) is 4.95. The van der Waals surface area contributed by atoms with Crippen molar-refractivity contribution in [1.29, 1.82) is 0 Å². The summed E-state index contributed by atoms with van der Waals surface area (Å²) >= 11 is 0. The molecular formula is C21H22N2O6. The van der Waals surface area contributed by atoms with Gasteiger partial charge in [0, 0.05) is 6.07 Å². The van der Waals surface area contributed by atoms with Crippen LogP contribution in [0, 0.1) is 0 Å². The zero-order chi connectivity index (χ0) is 21.2. The predicted octanol–water partition coefficient (Wildman–Crippen LogP) is 2.36. The Hall–Kier alpha value is -3.55. The van der Waals surface area contributed by atoms with Crippen LogP contribution in [-0.4, -0.2) is 50.5 Å². The zero-order valence-corrected chi connectivity index (χ0v) is 16.6. The van der Waals surface area contributed by atoms with E-state index in [2.05, 4.69) is 5.32 Å². The molecule has 8 nitrogen and oxygen atoms in total. The van der Waals surface area contributed by atoms with Gasteiger partial charge in [-0.2, -0.15) is 0 Å². The highest BCUT2D eigenvalue weighted by Crippen LogP contribution is 2.31. The molecule has 0 bridgehead atoms. The van der Waals surface area contributed by atoms with Crippen LogP contribution in [0.25, 0.3) is 0 Å². The normalized spacial score (nSPS) is 18.4. The van der Waals surface area contributed by atoms with Gasteiger partial charge in [-0.1, -0.05) is 12.1 Å². The Balaban J connectivity index is 1.84. The van der Waals surface area contributed by atoms with Crippen LogP contribution >= 0.6 is 0 Å². The lowest BCUT2D eigenvalue weighted by molar-refractivity contribution is -0.130. The second-order valence-corrected chi connectivity index (χ2v) is 6.66. The molecule has 0 unspecified atom stereocenters. The number of hydrogen-bond acceptors (Lipinski definition) is 6. The molecule has 29 heavy (non-hydrogen) atoms. The molecule has 2 aromatic rings. The summed E-state index contributed by atoms with van der Waals surface area (Å²) in [4.78, 5) is 39.2. The van der Waals surface area contributed by atoms with Crippen LogP contribution in [0.4, 0.5) is 4.79 Å². The molecule has 0 aromatic heterocycles. The monoisotopic (exact) mass is 398 g/mol. The minimum atomic E-state index is -1.27. The van der Waals surface area contributed by atoms with Gasteiger partial charge in [0.1, 0.15) is 22.8 Å². The van der Waals surface area contributed by atoms with E-state index in [1.54, 1.807) is 56.5 Å². The molecule has 1 heterocycles. The van der Waals surface area contributed by atoms with Gasteiger partial charge < -0.3 is 19.5 Å². The summed E-state index contributed by atoms with van der Waals surface area (Å²) in [5, 5.41) is 2.68. The van der Waals surface area contributed by atoms with Crippen molar-refractivity contribution in [3.8, 4) is 17.2 Å². The Morgan fingerprint density at radius 1 is 0.966 bits per heavy atom. The molecule has 3 amide bonds. The Morgan fingerprint density at radius 2 is 1.59 bits per heavy atom. The first-order valence-electron chi connectivity index (χ1n) is 8.88. The number of ketones is 1. The first-order valence-corrected chi connectivity index (χ1v) is 8.88. The molecular weight excluding hydrogens is 376 g/mol. The molecule has 1 saturated heterocycles. The van der Waals surface area contributed by atoms with Gasteiger partial charge in [-0.05, 0) is 36.8 Å². The number of ether oxygens (including phenoxy) is 3. The van der Waals surface area contributed by atoms with Crippen LogP contribution in [0.3, 0.4) is 0 Å². The summed E-state index contributed by atoms with van der Waals surface area (Å²) in [6, 6.07) is 10.9. The number of amides is 3. The maximum absolute atomic E-state index is 13.0. The topological polar surface area (TPSA) is 94.2 Å². The van der Waals surface area contributed by atoms with Crippen LogP contribution in [0.1, 0.15) is 22.8 Å². The lowest BCUT2D eigenvalue weighted by Gasteiger charge is -2.22. The van der Waals surface area contributed by atoms with Gasteiger partial charge >= 0.3 is 6.03 Å². The lowest BCUT2D eigenvalue weighted by Crippen LogP contribution is -2.41. The maximum Gasteiger partial charge on any atom is 0.325 e. The predicted molar refractivity (Wildman–Crippen MR) is 104 cm³/mol. The number of carbonyl (C=O) groups is 3. The molecule has 1 N–H and O–H groups in total. The molecule has 0 spiro atoms. The van der Waals surface area contributed by atoms with Gasteiger partial charge in [0.05, 0.1) is 33.4 Å². The summed E-state index contributed by atoms with van der Waals surface area (Å²) in [7, 11) is 4.48. The standard InChI is InChI=1S/C21H22N2O6/c1-21(13-5-7-14(27-2)8-6-13)19(25)23(20(26)22-21)12-17(24)16-10-9-15(28-3)11-18(16)29-4/h5-11H,12H2,1-4H3,(H,22,26)/t21-/m1/s1. The highest BCUT2D eigenvalue weighted by Gasteiger charge is 2.49. The van der Waals surface area contributed by atoms with Crippen molar-refractivity contribution in [1.82, 2.24) is 10.2 Å². The molecule has 1 aliphatic rings. The molecule has 1 atom stereocenters. The Labute approximate surface area is 168 Å². The average Bonchev–Trinajstić information content (AvgIpc) is 2.97. The Kier molecular flexibility index (Phi) is 5.45. The van der Waals surface area contributed by atoms with Gasteiger partial charge in [0.2, 0.25) is 0 Å². The molecule has 1 fully saturated rings. The van der Waals surface area contributed by atoms with Gasteiger partial charge in [-0.3, -0.25) is 14.5 Å². The third-order valence-electron chi connectivity index (χ3n) is 4.95. The average molecular weight is 398 g/mol. The van der Waals surface area contributed by atoms with Gasteiger partial charge in [0.15, 0.2) is 5.78 Å². The van der Waals surface area contributed by atoms with Crippen molar-refractivity contribution in [3.05, 3.63) is 53.6 Å². The smallest absolute Gasteiger partial charge is 0.325 e. The van der Waals surface area contributed by atoms with Crippen LogP contribution in [-0.2, 0) is 10.3 Å². The van der Waals surface area contributed by atoms with Crippen molar-refractivity contribution in [2.45, 2.75) is 12.5 Å². The van der Waals surface area contributed by atoms with Gasteiger partial charge in [-0.25, -0.2) is 4.79 Å². The number of nitrogens with one attached hydrogen (secondary N) is 1. The van der Waals surface area contributed by atoms with Crippen molar-refractivity contribution < 1.29 is 28.6 Å². The van der Waals surface area contributed by atoms with E-state index in [9.17, 15) is 14.4 Å².